The summed E-state index contributed by atoms with van der Waals surface area (Å²) >= 11 is 7.35. The van der Waals surface area contributed by atoms with Crippen LogP contribution in [-0.2, 0) is 4.74 Å². The predicted octanol–water partition coefficient (Wildman–Crippen LogP) is 8.92. The number of hydrogen-bond acceptors (Lipinski definition) is 8. The second-order valence-corrected chi connectivity index (χ2v) is 22.7. The fourth-order valence-electron chi connectivity index (χ4n) is 9.94. The Morgan fingerprint density at radius 1 is 1.13 bits per heavy atom. The Kier molecular flexibility index (Phi) is 9.35. The number of aromatic nitrogens is 3. The van der Waals surface area contributed by atoms with Crippen molar-refractivity contribution in [2.24, 2.45) is 5.92 Å². The first-order chi connectivity index (χ1) is 27.0. The fourth-order valence-corrected chi connectivity index (χ4v) is 15.4. The minimum absolute atomic E-state index is 0.0224. The molecule has 0 unspecified atom stereocenters. The first-order valence-corrected chi connectivity index (χ1v) is 22.1. The Bertz CT molecular complexity index is 2290. The zero-order valence-electron chi connectivity index (χ0n) is 34.2. The molecule has 1 saturated carbocycles. The number of nitrogens with zero attached hydrogens (tertiary/aromatic N) is 5. The number of alkyl halides is 2. The maximum absolute atomic E-state index is 16.1. The van der Waals surface area contributed by atoms with Crippen LogP contribution in [0.25, 0.3) is 32.9 Å². The lowest BCUT2D eigenvalue weighted by Gasteiger charge is -2.38. The van der Waals surface area contributed by atoms with Gasteiger partial charge in [-0.1, -0.05) is 65.1 Å². The highest BCUT2D eigenvalue weighted by Gasteiger charge is 2.56. The minimum Gasteiger partial charge on any atom is -0.461 e. The third kappa shape index (κ3) is 6.43. The third-order valence-corrected chi connectivity index (χ3v) is 19.3. The van der Waals surface area contributed by atoms with E-state index in [1.54, 1.807) is 29.3 Å². The minimum atomic E-state index is -2.39. The summed E-state index contributed by atoms with van der Waals surface area (Å²) in [6.07, 6.45) is 0.286. The van der Waals surface area contributed by atoms with Gasteiger partial charge in [0.25, 0.3) is 0 Å². The van der Waals surface area contributed by atoms with Crippen LogP contribution in [0.4, 0.5) is 24.7 Å². The SMILES string of the molecule is [2H]C([2H])(Oc1nc(N2CCOC[C@H]3[C@H](F)[C@H]32)c2cnc(-c3cc(N)cc4ccc(F)c(C#C[Si](C(C)C)(C(C)C)C(C)C)c34)c(Cl)c2n1)[C@@]12CCCN1C[C@H](F)C2. The molecule has 2 N–H and O–H groups in total. The van der Waals surface area contributed by atoms with E-state index in [4.69, 9.17) is 41.8 Å². The van der Waals surface area contributed by atoms with Crippen LogP contribution in [0.2, 0.25) is 21.6 Å². The van der Waals surface area contributed by atoms with Crippen LogP contribution in [0.5, 0.6) is 6.01 Å². The molecular formula is C42H50ClF3N6O2Si. The van der Waals surface area contributed by atoms with E-state index in [1.807, 2.05) is 4.90 Å². The molecule has 0 bridgehead atoms. The van der Waals surface area contributed by atoms with Crippen molar-refractivity contribution in [3.05, 3.63) is 46.9 Å². The van der Waals surface area contributed by atoms with Crippen LogP contribution < -0.4 is 15.4 Å². The number of anilines is 2. The number of fused-ring (bicyclic) bond motifs is 4. The standard InChI is InChI=1S/C42H50ClF3N6O2Si/c1-23(2)55(24(3)4,25(5)6)15-10-29-33(45)9-8-26-16-28(47)17-30(34(26)29)37-35(43)38-31(19-48-37)40(52-13-14-53-21-32-36(46)39(32)52)50-41(49-38)54-22-42-11-7-12-51(42)20-27(44)18-42/h8-9,16-17,19,23-25,27,32,36,39H,7,11-14,18,20-22,47H2,1-6H3/t27-,32+,36+,39+,42+/m1/s1/i22D2. The van der Waals surface area contributed by atoms with E-state index in [2.05, 4.69) is 53.0 Å². The molecule has 5 heterocycles. The van der Waals surface area contributed by atoms with Crippen molar-refractivity contribution in [3.8, 4) is 28.7 Å². The first kappa shape index (κ1) is 35.8. The van der Waals surface area contributed by atoms with Gasteiger partial charge in [0.1, 0.15) is 44.1 Å². The lowest BCUT2D eigenvalue weighted by Crippen LogP contribution is -2.43. The topological polar surface area (TPSA) is 89.6 Å². The van der Waals surface area contributed by atoms with Crippen molar-refractivity contribution in [3.63, 3.8) is 0 Å². The molecule has 5 atom stereocenters. The second kappa shape index (κ2) is 14.4. The van der Waals surface area contributed by atoms with E-state index in [-0.39, 0.29) is 59.1 Å². The highest BCUT2D eigenvalue weighted by Crippen LogP contribution is 2.47. The molecule has 8 rings (SSSR count). The van der Waals surface area contributed by atoms with Crippen LogP contribution >= 0.6 is 11.6 Å². The van der Waals surface area contributed by atoms with Gasteiger partial charge in [-0.3, -0.25) is 9.88 Å². The Morgan fingerprint density at radius 2 is 1.89 bits per heavy atom. The fraction of sp³-hybridized carbons (Fsp3) is 0.548. The first-order valence-electron chi connectivity index (χ1n) is 20.5. The lowest BCUT2D eigenvalue weighted by atomic mass is 9.95. The monoisotopic (exact) mass is 792 g/mol. The summed E-state index contributed by atoms with van der Waals surface area (Å²) < 4.78 is 76.5. The molecule has 3 aliphatic heterocycles. The maximum Gasteiger partial charge on any atom is 0.319 e. The molecule has 0 spiro atoms. The van der Waals surface area contributed by atoms with Gasteiger partial charge in [-0.05, 0) is 59.6 Å². The van der Waals surface area contributed by atoms with Crippen molar-refractivity contribution in [2.45, 2.75) is 101 Å². The molecular weight excluding hydrogens is 741 g/mol. The summed E-state index contributed by atoms with van der Waals surface area (Å²) in [7, 11) is -2.28. The normalized spacial score (nSPS) is 26.2. The number of rotatable bonds is 8. The molecule has 292 valence electrons. The van der Waals surface area contributed by atoms with E-state index in [0.717, 1.165) is 0 Å². The summed E-state index contributed by atoms with van der Waals surface area (Å²) in [6.45, 7) is 12.4. The summed E-state index contributed by atoms with van der Waals surface area (Å²) in [6, 6.07) is 5.67. The Morgan fingerprint density at radius 3 is 2.64 bits per heavy atom. The van der Waals surface area contributed by atoms with Gasteiger partial charge in [0, 0.05) is 48.3 Å². The van der Waals surface area contributed by atoms with Gasteiger partial charge in [-0.2, -0.15) is 9.97 Å². The van der Waals surface area contributed by atoms with E-state index >= 15 is 8.78 Å². The number of hydrogen-bond donors (Lipinski definition) is 1. The molecule has 1 aliphatic carbocycles. The molecule has 3 saturated heterocycles. The molecule has 4 aliphatic rings. The number of benzene rings is 2. The highest BCUT2D eigenvalue weighted by atomic mass is 35.5. The smallest absolute Gasteiger partial charge is 0.319 e. The van der Waals surface area contributed by atoms with E-state index in [1.165, 1.54) is 6.07 Å². The summed E-state index contributed by atoms with van der Waals surface area (Å²) in [5.74, 6) is 2.76. The van der Waals surface area contributed by atoms with Gasteiger partial charge in [0.2, 0.25) is 0 Å². The van der Waals surface area contributed by atoms with E-state index in [0.29, 0.717) is 76.6 Å². The third-order valence-electron chi connectivity index (χ3n) is 12.6. The lowest BCUT2D eigenvalue weighted by molar-refractivity contribution is 0.107. The molecule has 55 heavy (non-hydrogen) atoms. The average molecular weight is 793 g/mol. The van der Waals surface area contributed by atoms with Gasteiger partial charge < -0.3 is 20.1 Å². The van der Waals surface area contributed by atoms with Crippen LogP contribution in [0.15, 0.2) is 30.5 Å². The van der Waals surface area contributed by atoms with Gasteiger partial charge in [-0.25, -0.2) is 13.2 Å². The van der Waals surface area contributed by atoms with Gasteiger partial charge in [0.05, 0.1) is 49.2 Å². The van der Waals surface area contributed by atoms with Crippen LogP contribution in [0.1, 0.15) is 69.1 Å². The van der Waals surface area contributed by atoms with Crippen LogP contribution in [-0.4, -0.2) is 91.3 Å². The quantitative estimate of drug-likeness (QED) is 0.108. The van der Waals surface area contributed by atoms with Crippen molar-refractivity contribution >= 4 is 52.9 Å². The van der Waals surface area contributed by atoms with Gasteiger partial charge >= 0.3 is 6.01 Å². The predicted molar refractivity (Wildman–Crippen MR) is 216 cm³/mol. The molecule has 4 aromatic rings. The van der Waals surface area contributed by atoms with Gasteiger partial charge in [0.15, 0.2) is 0 Å². The summed E-state index contributed by atoms with van der Waals surface area (Å²) in [5, 5.41) is 1.61. The number of halogens is 4. The molecule has 13 heteroatoms. The Labute approximate surface area is 330 Å². The molecule has 4 fully saturated rings. The summed E-state index contributed by atoms with van der Waals surface area (Å²) in [5.41, 5.74) is 11.4. The second-order valence-electron chi connectivity index (χ2n) is 16.7. The van der Waals surface area contributed by atoms with E-state index in [9.17, 15) is 7.13 Å². The van der Waals surface area contributed by atoms with Crippen molar-refractivity contribution in [1.82, 2.24) is 19.9 Å². The van der Waals surface area contributed by atoms with Crippen molar-refractivity contribution < 1.29 is 25.4 Å². The molecule has 2 aromatic carbocycles. The van der Waals surface area contributed by atoms with E-state index < -0.39 is 44.4 Å². The van der Waals surface area contributed by atoms with Gasteiger partial charge in [-0.15, -0.1) is 5.54 Å². The number of pyridine rings is 1. The zero-order chi connectivity index (χ0) is 40.8. The van der Waals surface area contributed by atoms with Crippen molar-refractivity contribution in [1.29, 1.82) is 0 Å². The van der Waals surface area contributed by atoms with Crippen molar-refractivity contribution in [2.75, 3.05) is 50.0 Å². The largest absolute Gasteiger partial charge is 0.461 e. The number of nitrogen functional groups attached to an aromatic ring is 1. The molecule has 2 aromatic heterocycles. The number of ether oxygens (including phenoxy) is 2. The summed E-state index contributed by atoms with van der Waals surface area (Å²) in [4.78, 5) is 17.9. The molecule has 0 radical (unpaired) electrons. The molecule has 0 amide bonds. The average Bonchev–Trinajstić information content (AvgIpc) is 3.50. The highest BCUT2D eigenvalue weighted by molar-refractivity contribution is 6.90. The maximum atomic E-state index is 16.1. The zero-order valence-corrected chi connectivity index (χ0v) is 34.0. The number of nitrogens with two attached hydrogens (primary N) is 1. The Hall–Kier alpha value is -3.63. The van der Waals surface area contributed by atoms with Crippen LogP contribution in [0.3, 0.4) is 0 Å². The Balaban J connectivity index is 1.33. The van der Waals surface area contributed by atoms with Crippen LogP contribution in [0, 0.1) is 23.2 Å². The molecule has 8 nitrogen and oxygen atoms in total.